The van der Waals surface area contributed by atoms with Crippen LogP contribution >= 0.6 is 23.4 Å². The zero-order valence-electron chi connectivity index (χ0n) is 17.1. The molecule has 10 heteroatoms. The molecular formula is C21H22ClN5O3S. The summed E-state index contributed by atoms with van der Waals surface area (Å²) < 4.78 is 6.88. The van der Waals surface area contributed by atoms with Gasteiger partial charge in [-0.25, -0.2) is 0 Å². The first kappa shape index (κ1) is 22.6. The van der Waals surface area contributed by atoms with Gasteiger partial charge in [0.05, 0.1) is 23.6 Å². The Hall–Kier alpha value is -3.04. The molecule has 0 saturated carbocycles. The largest absolute Gasteiger partial charge is 0.497 e. The summed E-state index contributed by atoms with van der Waals surface area (Å²) in [6, 6.07) is 14.2. The molecule has 1 heterocycles. The van der Waals surface area contributed by atoms with Gasteiger partial charge in [0.1, 0.15) is 11.6 Å². The number of benzene rings is 2. The standard InChI is InChI=1S/C21H22ClN5O3S/c1-27-18(11-12-19(28)24-17-6-4-3-5-16(17)22)25-26-21(27)31-13-20(29)23-14-7-9-15(30-2)10-8-14/h3-10H,11-13H2,1-2H3,(H,23,29)(H,24,28). The third-order valence-corrected chi connectivity index (χ3v) is 5.70. The van der Waals surface area contributed by atoms with Gasteiger partial charge in [-0.05, 0) is 36.4 Å². The molecule has 2 N–H and O–H groups in total. The second-order valence-electron chi connectivity index (χ2n) is 6.55. The van der Waals surface area contributed by atoms with Crippen molar-refractivity contribution in [1.29, 1.82) is 0 Å². The minimum atomic E-state index is -0.163. The maximum atomic E-state index is 12.2. The molecular weight excluding hydrogens is 438 g/mol. The Bertz CT molecular complexity index is 1060. The summed E-state index contributed by atoms with van der Waals surface area (Å²) in [6.07, 6.45) is 0.651. The number of halogens is 1. The first-order valence-corrected chi connectivity index (χ1v) is 10.8. The zero-order valence-corrected chi connectivity index (χ0v) is 18.7. The molecule has 162 valence electrons. The molecule has 8 nitrogen and oxygen atoms in total. The van der Waals surface area contributed by atoms with Gasteiger partial charge in [0.15, 0.2) is 5.16 Å². The predicted molar refractivity (Wildman–Crippen MR) is 122 cm³/mol. The number of rotatable bonds is 9. The second-order valence-corrected chi connectivity index (χ2v) is 7.90. The number of carbonyl (C=O) groups excluding carboxylic acids is 2. The van der Waals surface area contributed by atoms with Crippen LogP contribution in [0.25, 0.3) is 0 Å². The van der Waals surface area contributed by atoms with Gasteiger partial charge in [0, 0.05) is 25.6 Å². The number of nitrogens with zero attached hydrogens (tertiary/aromatic N) is 3. The van der Waals surface area contributed by atoms with E-state index in [1.165, 1.54) is 11.8 Å². The van der Waals surface area contributed by atoms with Crippen LogP contribution in [-0.4, -0.2) is 39.4 Å². The van der Waals surface area contributed by atoms with Crippen molar-refractivity contribution in [2.24, 2.45) is 7.05 Å². The van der Waals surface area contributed by atoms with Crippen molar-refractivity contribution in [3.8, 4) is 5.75 Å². The number of nitrogens with one attached hydrogen (secondary N) is 2. The smallest absolute Gasteiger partial charge is 0.234 e. The Morgan fingerprint density at radius 3 is 2.52 bits per heavy atom. The minimum Gasteiger partial charge on any atom is -0.497 e. The summed E-state index contributed by atoms with van der Waals surface area (Å²) in [5.41, 5.74) is 1.26. The Balaban J connectivity index is 1.47. The lowest BCUT2D eigenvalue weighted by molar-refractivity contribution is -0.116. The number of aromatic nitrogens is 3. The van der Waals surface area contributed by atoms with Crippen molar-refractivity contribution in [3.63, 3.8) is 0 Å². The molecule has 31 heavy (non-hydrogen) atoms. The Morgan fingerprint density at radius 2 is 1.81 bits per heavy atom. The maximum Gasteiger partial charge on any atom is 0.234 e. The van der Waals surface area contributed by atoms with Gasteiger partial charge >= 0.3 is 0 Å². The lowest BCUT2D eigenvalue weighted by Gasteiger charge is -2.07. The summed E-state index contributed by atoms with van der Waals surface area (Å²) in [6.45, 7) is 0. The topological polar surface area (TPSA) is 98.1 Å². The molecule has 2 amide bonds. The number of hydrogen-bond acceptors (Lipinski definition) is 6. The van der Waals surface area contributed by atoms with Gasteiger partial charge in [0.2, 0.25) is 11.8 Å². The van der Waals surface area contributed by atoms with E-state index in [1.807, 2.05) is 7.05 Å². The first-order chi connectivity index (χ1) is 15.0. The monoisotopic (exact) mass is 459 g/mol. The van der Waals surface area contributed by atoms with Crippen molar-refractivity contribution in [2.45, 2.75) is 18.0 Å². The normalized spacial score (nSPS) is 10.5. The molecule has 0 spiro atoms. The number of methoxy groups -OCH3 is 1. The molecule has 1 aromatic heterocycles. The number of hydrogen-bond donors (Lipinski definition) is 2. The van der Waals surface area contributed by atoms with Crippen molar-refractivity contribution >= 4 is 46.6 Å². The van der Waals surface area contributed by atoms with Crippen LogP contribution in [0, 0.1) is 0 Å². The lowest BCUT2D eigenvalue weighted by Crippen LogP contribution is -2.15. The maximum absolute atomic E-state index is 12.2. The molecule has 0 bridgehead atoms. The van der Waals surface area contributed by atoms with Gasteiger partial charge in [-0.2, -0.15) is 0 Å². The fourth-order valence-corrected chi connectivity index (χ4v) is 3.60. The van der Waals surface area contributed by atoms with Crippen LogP contribution < -0.4 is 15.4 Å². The van der Waals surface area contributed by atoms with Crippen LogP contribution in [0.4, 0.5) is 11.4 Å². The third-order valence-electron chi connectivity index (χ3n) is 4.35. The van der Waals surface area contributed by atoms with Crippen LogP contribution in [0.3, 0.4) is 0 Å². The number of ether oxygens (including phenoxy) is 1. The molecule has 0 fully saturated rings. The van der Waals surface area contributed by atoms with Crippen molar-refractivity contribution in [3.05, 3.63) is 59.4 Å². The van der Waals surface area contributed by atoms with E-state index in [1.54, 1.807) is 60.2 Å². The van der Waals surface area contributed by atoms with E-state index >= 15 is 0 Å². The van der Waals surface area contributed by atoms with Crippen LogP contribution in [0.1, 0.15) is 12.2 Å². The lowest BCUT2D eigenvalue weighted by atomic mass is 10.2. The Labute approximate surface area is 189 Å². The molecule has 0 aliphatic rings. The second kappa shape index (κ2) is 10.8. The van der Waals surface area contributed by atoms with Crippen molar-refractivity contribution < 1.29 is 14.3 Å². The van der Waals surface area contributed by atoms with E-state index in [4.69, 9.17) is 16.3 Å². The van der Waals surface area contributed by atoms with Gasteiger partial charge in [-0.1, -0.05) is 35.5 Å². The quantitative estimate of drug-likeness (QED) is 0.472. The summed E-state index contributed by atoms with van der Waals surface area (Å²) in [5, 5.41) is 14.9. The molecule has 3 aromatic rings. The van der Waals surface area contributed by atoms with Gasteiger partial charge < -0.3 is 19.9 Å². The highest BCUT2D eigenvalue weighted by Crippen LogP contribution is 2.21. The fourth-order valence-electron chi connectivity index (χ4n) is 2.69. The number of thioether (sulfide) groups is 1. The molecule has 0 unspecified atom stereocenters. The number of amides is 2. The summed E-state index contributed by atoms with van der Waals surface area (Å²) in [7, 11) is 3.40. The third kappa shape index (κ3) is 6.47. The number of para-hydroxylation sites is 1. The molecule has 0 atom stereocenters. The van der Waals surface area contributed by atoms with E-state index < -0.39 is 0 Å². The first-order valence-electron chi connectivity index (χ1n) is 9.45. The Morgan fingerprint density at radius 1 is 1.06 bits per heavy atom. The van der Waals surface area contributed by atoms with Gasteiger partial charge in [-0.3, -0.25) is 9.59 Å². The number of carbonyl (C=O) groups is 2. The van der Waals surface area contributed by atoms with Crippen molar-refractivity contribution in [2.75, 3.05) is 23.5 Å². The Kier molecular flexibility index (Phi) is 7.91. The molecule has 0 aliphatic heterocycles. The van der Waals surface area contributed by atoms with Crippen LogP contribution in [-0.2, 0) is 23.1 Å². The van der Waals surface area contributed by atoms with Gasteiger partial charge in [-0.15, -0.1) is 10.2 Å². The van der Waals surface area contributed by atoms with Crippen molar-refractivity contribution in [1.82, 2.24) is 14.8 Å². The average Bonchev–Trinajstić information content (AvgIpc) is 3.12. The van der Waals surface area contributed by atoms with Crippen LogP contribution in [0.5, 0.6) is 5.75 Å². The van der Waals surface area contributed by atoms with E-state index in [-0.39, 0.29) is 24.0 Å². The van der Waals surface area contributed by atoms with Crippen LogP contribution in [0.15, 0.2) is 53.7 Å². The molecule has 0 saturated heterocycles. The predicted octanol–water partition coefficient (Wildman–Crippen LogP) is 3.78. The number of anilines is 2. The zero-order chi connectivity index (χ0) is 22.2. The summed E-state index contributed by atoms with van der Waals surface area (Å²) in [4.78, 5) is 24.4. The van der Waals surface area contributed by atoms with Gasteiger partial charge in [0.25, 0.3) is 0 Å². The highest BCUT2D eigenvalue weighted by atomic mass is 35.5. The minimum absolute atomic E-state index is 0.154. The fraction of sp³-hybridized carbons (Fsp3) is 0.238. The average molecular weight is 460 g/mol. The molecule has 3 rings (SSSR count). The van der Waals surface area contributed by atoms with E-state index in [2.05, 4.69) is 20.8 Å². The van der Waals surface area contributed by atoms with Crippen LogP contribution in [0.2, 0.25) is 5.02 Å². The summed E-state index contributed by atoms with van der Waals surface area (Å²) >= 11 is 7.33. The molecule has 0 radical (unpaired) electrons. The summed E-state index contributed by atoms with van der Waals surface area (Å²) in [5.74, 6) is 1.25. The molecule has 2 aromatic carbocycles. The van der Waals surface area contributed by atoms with E-state index in [0.29, 0.717) is 33.8 Å². The SMILES string of the molecule is COc1ccc(NC(=O)CSc2nnc(CCC(=O)Nc3ccccc3Cl)n2C)cc1. The molecule has 0 aliphatic carbocycles. The number of aryl methyl sites for hydroxylation is 1. The van der Waals surface area contributed by atoms with E-state index in [9.17, 15) is 9.59 Å². The highest BCUT2D eigenvalue weighted by Gasteiger charge is 2.13. The van der Waals surface area contributed by atoms with E-state index in [0.717, 1.165) is 5.75 Å². The highest BCUT2D eigenvalue weighted by molar-refractivity contribution is 7.99.